The first-order chi connectivity index (χ1) is 14.3. The van der Waals surface area contributed by atoms with Crippen LogP contribution in [0.4, 0.5) is 5.69 Å². The van der Waals surface area contributed by atoms with Crippen LogP contribution in [0.25, 0.3) is 0 Å². The minimum absolute atomic E-state index is 0.0127. The third kappa shape index (κ3) is 4.21. The highest BCUT2D eigenvalue weighted by Gasteiger charge is 2.39. The molecule has 2 aliphatic rings. The van der Waals surface area contributed by atoms with E-state index in [4.69, 9.17) is 4.74 Å². The highest BCUT2D eigenvalue weighted by Crippen LogP contribution is 2.33. The minimum atomic E-state index is -3.92. The van der Waals surface area contributed by atoms with Gasteiger partial charge in [0.15, 0.2) is 6.61 Å². The highest BCUT2D eigenvalue weighted by molar-refractivity contribution is 9.10. The molecule has 1 atom stereocenters. The smallest absolute Gasteiger partial charge is 0.262 e. The van der Waals surface area contributed by atoms with Crippen LogP contribution in [0.15, 0.2) is 51.8 Å². The fourth-order valence-electron chi connectivity index (χ4n) is 3.60. The Hall–Kier alpha value is -2.43. The van der Waals surface area contributed by atoms with E-state index >= 15 is 0 Å². The Kier molecular flexibility index (Phi) is 5.81. The first-order valence-electron chi connectivity index (χ1n) is 9.45. The van der Waals surface area contributed by atoms with Crippen LogP contribution in [0, 0.1) is 0 Å². The fourth-order valence-corrected chi connectivity index (χ4v) is 5.73. The Morgan fingerprint density at radius 2 is 2.10 bits per heavy atom. The molecule has 2 amide bonds. The maximum Gasteiger partial charge on any atom is 0.262 e. The summed E-state index contributed by atoms with van der Waals surface area (Å²) in [6, 6.07) is 11.1. The molecule has 0 unspecified atom stereocenters. The lowest BCUT2D eigenvalue weighted by atomic mass is 10.2. The van der Waals surface area contributed by atoms with E-state index in [2.05, 4.69) is 26.6 Å². The first kappa shape index (κ1) is 20.8. The second-order valence-corrected chi connectivity index (χ2v) is 9.92. The van der Waals surface area contributed by atoms with Crippen molar-refractivity contribution in [2.75, 3.05) is 18.5 Å². The number of rotatable bonds is 5. The van der Waals surface area contributed by atoms with E-state index in [9.17, 15) is 18.0 Å². The van der Waals surface area contributed by atoms with E-state index in [1.807, 2.05) is 24.3 Å². The topological polar surface area (TPSA) is 105 Å². The summed E-state index contributed by atoms with van der Waals surface area (Å²) in [4.78, 5) is 24.3. The molecule has 0 aromatic heterocycles. The van der Waals surface area contributed by atoms with Gasteiger partial charge < -0.3 is 15.4 Å². The number of ether oxygens (including phenoxy) is 1. The number of hydrogen-bond acceptors (Lipinski definition) is 5. The molecular formula is C20H20BrN3O5S. The van der Waals surface area contributed by atoms with Crippen molar-refractivity contribution < 1.29 is 22.7 Å². The van der Waals surface area contributed by atoms with E-state index in [0.717, 1.165) is 10.0 Å². The number of anilines is 1. The molecule has 4 rings (SSSR count). The lowest BCUT2D eigenvalue weighted by Crippen LogP contribution is -2.45. The van der Waals surface area contributed by atoms with Gasteiger partial charge in [0.2, 0.25) is 15.9 Å². The van der Waals surface area contributed by atoms with Gasteiger partial charge >= 0.3 is 0 Å². The first-order valence-corrected chi connectivity index (χ1v) is 11.7. The van der Waals surface area contributed by atoms with Crippen molar-refractivity contribution in [2.24, 2.45) is 0 Å². The second kappa shape index (κ2) is 8.37. The summed E-state index contributed by atoms with van der Waals surface area (Å²) in [6.07, 6.45) is 1.05. The number of benzene rings is 2. The van der Waals surface area contributed by atoms with Gasteiger partial charge in [-0.1, -0.05) is 28.1 Å². The van der Waals surface area contributed by atoms with Crippen LogP contribution >= 0.6 is 15.9 Å². The van der Waals surface area contributed by atoms with Gasteiger partial charge in [0, 0.05) is 17.6 Å². The van der Waals surface area contributed by atoms with Gasteiger partial charge in [0.1, 0.15) is 11.8 Å². The van der Waals surface area contributed by atoms with E-state index in [-0.39, 0.29) is 29.9 Å². The number of hydrogen-bond donors (Lipinski definition) is 2. The number of nitrogens with one attached hydrogen (secondary N) is 2. The predicted octanol–water partition coefficient (Wildman–Crippen LogP) is 2.25. The number of sulfonamides is 1. The van der Waals surface area contributed by atoms with Crippen LogP contribution in [0.5, 0.6) is 5.75 Å². The summed E-state index contributed by atoms with van der Waals surface area (Å²) in [6.45, 7) is 0.466. The Bertz CT molecular complexity index is 1110. The third-order valence-corrected chi connectivity index (χ3v) is 7.45. The number of amides is 2. The van der Waals surface area contributed by atoms with E-state index in [1.54, 1.807) is 0 Å². The number of nitrogens with zero attached hydrogens (tertiary/aromatic N) is 1. The van der Waals surface area contributed by atoms with Crippen molar-refractivity contribution in [1.29, 1.82) is 0 Å². The summed E-state index contributed by atoms with van der Waals surface area (Å²) in [5.74, 6) is -0.257. The molecule has 2 N–H and O–H groups in total. The van der Waals surface area contributed by atoms with Crippen molar-refractivity contribution >= 4 is 43.5 Å². The van der Waals surface area contributed by atoms with Gasteiger partial charge in [-0.2, -0.15) is 4.31 Å². The maximum atomic E-state index is 13.2. The SMILES string of the molecule is O=C1COc2ccc(S(=O)(=O)N3CCC[C@H]3C(=O)NCc3cccc(Br)c3)cc2N1. The van der Waals surface area contributed by atoms with E-state index in [0.29, 0.717) is 30.8 Å². The third-order valence-electron chi connectivity index (χ3n) is 5.05. The van der Waals surface area contributed by atoms with Crippen LogP contribution in [0.3, 0.4) is 0 Å². The number of carbonyl (C=O) groups is 2. The second-order valence-electron chi connectivity index (χ2n) is 7.12. The van der Waals surface area contributed by atoms with Crippen LogP contribution in [0.1, 0.15) is 18.4 Å². The van der Waals surface area contributed by atoms with Crippen LogP contribution in [-0.4, -0.2) is 43.7 Å². The summed E-state index contributed by atoms with van der Waals surface area (Å²) in [7, 11) is -3.92. The molecule has 2 aromatic rings. The van der Waals surface area contributed by atoms with Gasteiger partial charge in [0.25, 0.3) is 5.91 Å². The molecule has 0 spiro atoms. The molecule has 0 bridgehead atoms. The van der Waals surface area contributed by atoms with Gasteiger partial charge in [-0.3, -0.25) is 9.59 Å². The number of carbonyl (C=O) groups excluding carboxylic acids is 2. The Morgan fingerprint density at radius 3 is 2.90 bits per heavy atom. The van der Waals surface area contributed by atoms with Crippen molar-refractivity contribution in [3.63, 3.8) is 0 Å². The molecule has 0 radical (unpaired) electrons. The van der Waals surface area contributed by atoms with Crippen LogP contribution in [0.2, 0.25) is 0 Å². The Labute approximate surface area is 182 Å². The lowest BCUT2D eigenvalue weighted by Gasteiger charge is -2.24. The van der Waals surface area contributed by atoms with Gasteiger partial charge in [-0.15, -0.1) is 0 Å². The Morgan fingerprint density at radius 1 is 1.27 bits per heavy atom. The summed E-state index contributed by atoms with van der Waals surface area (Å²) >= 11 is 3.39. The molecule has 30 heavy (non-hydrogen) atoms. The van der Waals surface area contributed by atoms with Crippen molar-refractivity contribution in [2.45, 2.75) is 30.3 Å². The number of fused-ring (bicyclic) bond motifs is 1. The molecule has 2 heterocycles. The predicted molar refractivity (Wildman–Crippen MR) is 113 cm³/mol. The molecule has 2 aromatic carbocycles. The average molecular weight is 494 g/mol. The summed E-state index contributed by atoms with van der Waals surface area (Å²) < 4.78 is 33.9. The fraction of sp³-hybridized carbons (Fsp3) is 0.300. The average Bonchev–Trinajstić information content (AvgIpc) is 3.22. The standard InChI is InChI=1S/C20H20BrN3O5S/c21-14-4-1-3-13(9-14)11-22-20(26)17-5-2-8-24(17)30(27,28)15-6-7-18-16(10-15)23-19(25)12-29-18/h1,3-4,6-7,9-10,17H,2,5,8,11-12H2,(H,22,26)(H,23,25)/t17-/m0/s1. The summed E-state index contributed by atoms with van der Waals surface area (Å²) in [5, 5.41) is 5.44. The molecule has 1 saturated heterocycles. The molecule has 2 aliphatic heterocycles. The highest BCUT2D eigenvalue weighted by atomic mass is 79.9. The quantitative estimate of drug-likeness (QED) is 0.664. The Balaban J connectivity index is 1.51. The molecular weight excluding hydrogens is 474 g/mol. The van der Waals surface area contributed by atoms with Crippen molar-refractivity contribution in [3.8, 4) is 5.75 Å². The lowest BCUT2D eigenvalue weighted by molar-refractivity contribution is -0.124. The molecule has 0 saturated carbocycles. The summed E-state index contributed by atoms with van der Waals surface area (Å²) in [5.41, 5.74) is 1.22. The van der Waals surface area contributed by atoms with Crippen molar-refractivity contribution in [1.82, 2.24) is 9.62 Å². The van der Waals surface area contributed by atoms with Crippen LogP contribution in [-0.2, 0) is 26.2 Å². The van der Waals surface area contributed by atoms with E-state index in [1.165, 1.54) is 22.5 Å². The molecule has 0 aliphatic carbocycles. The molecule has 8 nitrogen and oxygen atoms in total. The molecule has 10 heteroatoms. The number of halogens is 1. The monoisotopic (exact) mass is 493 g/mol. The van der Waals surface area contributed by atoms with Crippen LogP contribution < -0.4 is 15.4 Å². The zero-order valence-corrected chi connectivity index (χ0v) is 18.3. The van der Waals surface area contributed by atoms with Gasteiger partial charge in [-0.05, 0) is 48.7 Å². The molecule has 158 valence electrons. The van der Waals surface area contributed by atoms with Gasteiger partial charge in [-0.25, -0.2) is 8.42 Å². The normalized spacial score (nSPS) is 19.0. The molecule has 1 fully saturated rings. The van der Waals surface area contributed by atoms with Gasteiger partial charge in [0.05, 0.1) is 10.6 Å². The zero-order chi connectivity index (χ0) is 21.3. The minimum Gasteiger partial charge on any atom is -0.482 e. The van der Waals surface area contributed by atoms with Crippen molar-refractivity contribution in [3.05, 3.63) is 52.5 Å². The zero-order valence-electron chi connectivity index (χ0n) is 15.9. The maximum absolute atomic E-state index is 13.2. The largest absolute Gasteiger partial charge is 0.482 e. The van der Waals surface area contributed by atoms with E-state index < -0.39 is 16.1 Å².